The number of para-hydroxylation sites is 1. The minimum atomic E-state index is -1.26. The molecule has 0 spiro atoms. The molecule has 1 aliphatic heterocycles. The smallest absolute Gasteiger partial charge is 0.328 e. The summed E-state index contributed by atoms with van der Waals surface area (Å²) in [5, 5.41) is 18.3. The van der Waals surface area contributed by atoms with Crippen LogP contribution in [0.4, 0.5) is 15.8 Å². The number of hydrogen-bond acceptors (Lipinski definition) is 6. The van der Waals surface area contributed by atoms with Crippen LogP contribution in [0, 0.1) is 11.7 Å². The lowest BCUT2D eigenvalue weighted by atomic mass is 9.89. The van der Waals surface area contributed by atoms with Crippen molar-refractivity contribution in [1.82, 2.24) is 4.90 Å². The Hall–Kier alpha value is -5.16. The molecular formula is C33H34FN3O7. The number of carbonyl (C=O) groups excluding carboxylic acids is 3. The minimum absolute atomic E-state index is 0.0680. The van der Waals surface area contributed by atoms with Crippen molar-refractivity contribution in [3.63, 3.8) is 0 Å². The Morgan fingerprint density at radius 1 is 0.841 bits per heavy atom. The van der Waals surface area contributed by atoms with Crippen molar-refractivity contribution in [3.05, 3.63) is 108 Å². The fourth-order valence-corrected chi connectivity index (χ4v) is 4.66. The molecule has 0 bridgehead atoms. The highest BCUT2D eigenvalue weighted by atomic mass is 19.1. The summed E-state index contributed by atoms with van der Waals surface area (Å²) in [5.41, 5.74) is 2.55. The normalized spacial score (nSPS) is 13.4. The van der Waals surface area contributed by atoms with Crippen molar-refractivity contribution in [2.24, 2.45) is 5.92 Å². The quantitative estimate of drug-likeness (QED) is 0.223. The van der Waals surface area contributed by atoms with E-state index in [2.05, 4.69) is 10.2 Å². The zero-order chi connectivity index (χ0) is 32.1. The second-order valence-corrected chi connectivity index (χ2v) is 10.0. The van der Waals surface area contributed by atoms with Crippen LogP contribution in [0.15, 0.2) is 91.0 Å². The SMILES string of the molecule is CC(=O)Nc1ccc(C(=O)N(CCN2CCC(C(=O)c3ccc(F)cc3)CC2)c2ccccc2)cc1.O=C(O)/C=C/C(=O)O. The first kappa shape index (κ1) is 33.3. The van der Waals surface area contributed by atoms with Crippen LogP contribution in [0.1, 0.15) is 40.5 Å². The highest BCUT2D eigenvalue weighted by Crippen LogP contribution is 2.23. The van der Waals surface area contributed by atoms with Crippen LogP contribution in [-0.2, 0) is 14.4 Å². The van der Waals surface area contributed by atoms with Gasteiger partial charge in [-0.3, -0.25) is 14.4 Å². The first-order valence-electron chi connectivity index (χ1n) is 13.9. The minimum Gasteiger partial charge on any atom is -0.478 e. The molecule has 1 aliphatic rings. The number of nitrogens with one attached hydrogen (secondary N) is 1. The van der Waals surface area contributed by atoms with Crippen LogP contribution in [0.2, 0.25) is 0 Å². The molecular weight excluding hydrogens is 569 g/mol. The molecule has 0 radical (unpaired) electrons. The fraction of sp³-hybridized carbons (Fsp3) is 0.242. The lowest BCUT2D eigenvalue weighted by Crippen LogP contribution is -2.42. The molecule has 230 valence electrons. The van der Waals surface area contributed by atoms with E-state index in [4.69, 9.17) is 10.2 Å². The van der Waals surface area contributed by atoms with E-state index in [-0.39, 0.29) is 29.3 Å². The van der Waals surface area contributed by atoms with Crippen molar-refractivity contribution < 1.29 is 38.6 Å². The maximum Gasteiger partial charge on any atom is 0.328 e. The lowest BCUT2D eigenvalue weighted by molar-refractivity contribution is -0.134. The molecule has 0 atom stereocenters. The first-order valence-corrected chi connectivity index (χ1v) is 13.9. The second-order valence-electron chi connectivity index (χ2n) is 10.0. The molecule has 3 N–H and O–H groups in total. The topological polar surface area (TPSA) is 144 Å². The number of halogens is 1. The average Bonchev–Trinajstić information content (AvgIpc) is 3.01. The molecule has 4 rings (SSSR count). The lowest BCUT2D eigenvalue weighted by Gasteiger charge is -2.33. The van der Waals surface area contributed by atoms with Gasteiger partial charge in [0.1, 0.15) is 5.82 Å². The van der Waals surface area contributed by atoms with Gasteiger partial charge < -0.3 is 25.3 Å². The third kappa shape index (κ3) is 10.6. The molecule has 44 heavy (non-hydrogen) atoms. The summed E-state index contributed by atoms with van der Waals surface area (Å²) in [6.45, 7) is 4.16. The van der Waals surface area contributed by atoms with E-state index in [9.17, 15) is 28.4 Å². The first-order chi connectivity index (χ1) is 21.0. The maximum atomic E-state index is 13.4. The third-order valence-electron chi connectivity index (χ3n) is 6.86. The zero-order valence-corrected chi connectivity index (χ0v) is 24.2. The number of ketones is 1. The van der Waals surface area contributed by atoms with Crippen LogP contribution in [0.3, 0.4) is 0 Å². The van der Waals surface area contributed by atoms with Crippen LogP contribution in [0.25, 0.3) is 0 Å². The van der Waals surface area contributed by atoms with E-state index in [1.807, 2.05) is 30.3 Å². The summed E-state index contributed by atoms with van der Waals surface area (Å²) >= 11 is 0. The van der Waals surface area contributed by atoms with E-state index >= 15 is 0 Å². The molecule has 11 heteroatoms. The number of nitrogens with zero attached hydrogens (tertiary/aromatic N) is 2. The van der Waals surface area contributed by atoms with Gasteiger partial charge in [0.2, 0.25) is 5.91 Å². The molecule has 0 saturated carbocycles. The molecule has 3 aromatic rings. The Kier molecular flexibility index (Phi) is 12.5. The highest BCUT2D eigenvalue weighted by molar-refractivity contribution is 6.06. The summed E-state index contributed by atoms with van der Waals surface area (Å²) in [4.78, 5) is 60.6. The molecule has 10 nitrogen and oxygen atoms in total. The molecule has 0 aromatic heterocycles. The van der Waals surface area contributed by atoms with Gasteiger partial charge in [-0.05, 0) is 86.6 Å². The van der Waals surface area contributed by atoms with E-state index in [0.717, 1.165) is 31.6 Å². The molecule has 3 aromatic carbocycles. The van der Waals surface area contributed by atoms with E-state index in [1.54, 1.807) is 41.3 Å². The number of carbonyl (C=O) groups is 5. The largest absolute Gasteiger partial charge is 0.478 e. The number of hydrogen-bond donors (Lipinski definition) is 3. The van der Waals surface area contributed by atoms with Gasteiger partial charge in [0, 0.05) is 60.6 Å². The molecule has 0 aliphatic carbocycles. The van der Waals surface area contributed by atoms with Crippen LogP contribution in [-0.4, -0.2) is 70.8 Å². The van der Waals surface area contributed by atoms with Gasteiger partial charge in [0.25, 0.3) is 5.91 Å². The van der Waals surface area contributed by atoms with Gasteiger partial charge >= 0.3 is 11.9 Å². The van der Waals surface area contributed by atoms with Crippen molar-refractivity contribution >= 4 is 40.9 Å². The Balaban J connectivity index is 0.000000583. The Labute approximate surface area is 254 Å². The molecule has 1 fully saturated rings. The van der Waals surface area contributed by atoms with Gasteiger partial charge in [-0.1, -0.05) is 18.2 Å². The van der Waals surface area contributed by atoms with Crippen LogP contribution >= 0.6 is 0 Å². The number of anilines is 2. The highest BCUT2D eigenvalue weighted by Gasteiger charge is 2.27. The molecule has 1 heterocycles. The number of aliphatic carboxylic acids is 2. The summed E-state index contributed by atoms with van der Waals surface area (Å²) < 4.78 is 13.2. The summed E-state index contributed by atoms with van der Waals surface area (Å²) in [6, 6.07) is 22.2. The number of amides is 2. The number of rotatable bonds is 10. The molecule has 0 unspecified atom stereocenters. The monoisotopic (exact) mass is 603 g/mol. The van der Waals surface area contributed by atoms with Gasteiger partial charge in [-0.2, -0.15) is 0 Å². The standard InChI is InChI=1S/C29H30FN3O3.C4H4O4/c1-21(34)31-26-13-9-24(10-14-26)29(36)33(27-5-3-2-4-6-27)20-19-32-17-15-23(16-18-32)28(35)22-7-11-25(30)12-8-22;5-3(6)1-2-4(7)8/h2-14,23H,15-20H2,1H3,(H,31,34);1-2H,(H,5,6)(H,7,8)/b;2-1+. The fourth-order valence-electron chi connectivity index (χ4n) is 4.66. The van der Waals surface area contributed by atoms with Crippen molar-refractivity contribution in [2.45, 2.75) is 19.8 Å². The Bertz CT molecular complexity index is 1450. The number of carboxylic acids is 2. The number of likely N-dealkylation sites (tertiary alicyclic amines) is 1. The van der Waals surface area contributed by atoms with Gasteiger partial charge in [-0.25, -0.2) is 14.0 Å². The van der Waals surface area contributed by atoms with E-state index < -0.39 is 11.9 Å². The van der Waals surface area contributed by atoms with E-state index in [1.165, 1.54) is 19.1 Å². The maximum absolute atomic E-state index is 13.4. The molecule has 2 amide bonds. The van der Waals surface area contributed by atoms with E-state index in [0.29, 0.717) is 42.1 Å². The summed E-state index contributed by atoms with van der Waals surface area (Å²) in [6.07, 6.45) is 2.59. The number of benzene rings is 3. The van der Waals surface area contributed by atoms with Gasteiger partial charge in [0.05, 0.1) is 0 Å². The predicted molar refractivity (Wildman–Crippen MR) is 163 cm³/mol. The number of piperidine rings is 1. The van der Waals surface area contributed by atoms with Gasteiger partial charge in [0.15, 0.2) is 5.78 Å². The average molecular weight is 604 g/mol. The Morgan fingerprint density at radius 3 is 1.91 bits per heavy atom. The van der Waals surface area contributed by atoms with Crippen molar-refractivity contribution in [1.29, 1.82) is 0 Å². The summed E-state index contributed by atoms with van der Waals surface area (Å²) in [5.74, 6) is -3.14. The van der Waals surface area contributed by atoms with Crippen molar-refractivity contribution in [2.75, 3.05) is 36.4 Å². The van der Waals surface area contributed by atoms with Crippen LogP contribution < -0.4 is 10.2 Å². The number of Topliss-reactive ketones (excluding diaryl/α,β-unsaturated/α-hetero) is 1. The van der Waals surface area contributed by atoms with Crippen molar-refractivity contribution in [3.8, 4) is 0 Å². The molecule has 1 saturated heterocycles. The zero-order valence-electron chi connectivity index (χ0n) is 24.2. The van der Waals surface area contributed by atoms with Gasteiger partial charge in [-0.15, -0.1) is 0 Å². The number of carboxylic acid groups (broad SMARTS) is 2. The summed E-state index contributed by atoms with van der Waals surface area (Å²) in [7, 11) is 0. The second kappa shape index (κ2) is 16.5. The van der Waals surface area contributed by atoms with Crippen LogP contribution in [0.5, 0.6) is 0 Å². The third-order valence-corrected chi connectivity index (χ3v) is 6.86. The predicted octanol–water partition coefficient (Wildman–Crippen LogP) is 4.74. The Morgan fingerprint density at radius 2 is 1.39 bits per heavy atom.